The maximum Gasteiger partial charge on any atom is 0.0754 e. The van der Waals surface area contributed by atoms with Gasteiger partial charge in [0, 0.05) is 5.16 Å². The first-order chi connectivity index (χ1) is 7.41. The first-order valence-corrected chi connectivity index (χ1v) is 9.82. The lowest BCUT2D eigenvalue weighted by Gasteiger charge is -2.46. The molecule has 0 saturated carbocycles. The van der Waals surface area contributed by atoms with Gasteiger partial charge in [-0.1, -0.05) is 59.7 Å². The lowest BCUT2D eigenvalue weighted by molar-refractivity contribution is 0.431. The first-order valence-electron chi connectivity index (χ1n) is 7.20. The Morgan fingerprint density at radius 1 is 1.00 bits per heavy atom. The molecule has 0 aliphatic heterocycles. The summed E-state index contributed by atoms with van der Waals surface area (Å²) >= 11 is 0. The van der Waals surface area contributed by atoms with Gasteiger partial charge in [0.25, 0.3) is 0 Å². The van der Waals surface area contributed by atoms with Crippen LogP contribution >= 0.6 is 0 Å². The normalized spacial score (nSPS) is 16.5. The van der Waals surface area contributed by atoms with Gasteiger partial charge in [0.1, 0.15) is 0 Å². The van der Waals surface area contributed by atoms with Crippen LogP contribution in [0.15, 0.2) is 0 Å². The van der Waals surface area contributed by atoms with E-state index in [2.05, 4.69) is 41.5 Å². The molecular formula is C14H33NSi. The van der Waals surface area contributed by atoms with Gasteiger partial charge in [-0.25, -0.2) is 0 Å². The van der Waals surface area contributed by atoms with Gasteiger partial charge in [-0.3, -0.25) is 0 Å². The molecule has 0 saturated heterocycles. The Hall–Kier alpha value is 0.177. The molecule has 0 rings (SSSR count). The summed E-state index contributed by atoms with van der Waals surface area (Å²) in [4.78, 5) is 0. The third-order valence-corrected chi connectivity index (χ3v) is 11.7. The lowest BCUT2D eigenvalue weighted by atomic mass is 10.0. The van der Waals surface area contributed by atoms with Crippen molar-refractivity contribution < 1.29 is 0 Å². The average molecular weight is 244 g/mol. The van der Waals surface area contributed by atoms with Crippen molar-refractivity contribution in [2.45, 2.75) is 84.1 Å². The first kappa shape index (κ1) is 16.2. The average Bonchev–Trinajstić information content (AvgIpc) is 2.29. The molecule has 0 amide bonds. The summed E-state index contributed by atoms with van der Waals surface area (Å²) in [5.41, 5.74) is 6.82. The fraction of sp³-hybridized carbons (Fsp3) is 1.00. The molecule has 0 bridgehead atoms. The van der Waals surface area contributed by atoms with Crippen molar-refractivity contribution >= 4 is 8.07 Å². The number of hydrogen-bond donors (Lipinski definition) is 1. The minimum atomic E-state index is -1.26. The Balaban J connectivity index is 4.87. The van der Waals surface area contributed by atoms with Crippen molar-refractivity contribution in [3.05, 3.63) is 0 Å². The van der Waals surface area contributed by atoms with Crippen LogP contribution < -0.4 is 5.73 Å². The molecule has 98 valence electrons. The molecule has 0 aromatic carbocycles. The summed E-state index contributed by atoms with van der Waals surface area (Å²) in [5, 5.41) is 0.176. The molecule has 0 aliphatic carbocycles. The highest BCUT2D eigenvalue weighted by atomic mass is 28.3. The predicted octanol–water partition coefficient (Wildman–Crippen LogP) is 4.58. The monoisotopic (exact) mass is 243 g/mol. The van der Waals surface area contributed by atoms with E-state index < -0.39 is 8.07 Å². The highest BCUT2D eigenvalue weighted by molar-refractivity contribution is 6.82. The third-order valence-electron chi connectivity index (χ3n) is 4.89. The van der Waals surface area contributed by atoms with E-state index in [0.717, 1.165) is 5.92 Å². The van der Waals surface area contributed by atoms with E-state index in [1.54, 1.807) is 0 Å². The molecule has 16 heavy (non-hydrogen) atoms. The van der Waals surface area contributed by atoms with Crippen LogP contribution in [0.1, 0.15) is 60.8 Å². The second-order valence-electron chi connectivity index (χ2n) is 5.78. The Morgan fingerprint density at radius 2 is 1.44 bits per heavy atom. The van der Waals surface area contributed by atoms with Gasteiger partial charge in [-0.05, 0) is 25.2 Å². The third kappa shape index (κ3) is 3.33. The Morgan fingerprint density at radius 3 is 1.69 bits per heavy atom. The summed E-state index contributed by atoms with van der Waals surface area (Å²) in [5.74, 6) is 0.784. The number of nitrogens with two attached hydrogens (primary N) is 1. The summed E-state index contributed by atoms with van der Waals surface area (Å²) in [6.45, 7) is 14.0. The maximum absolute atomic E-state index is 6.82. The molecule has 0 aromatic heterocycles. The number of rotatable bonds is 8. The van der Waals surface area contributed by atoms with E-state index in [1.807, 2.05) is 0 Å². The SMILES string of the molecule is CCC(N)(CCC(C)C)[Si](CC)(CC)CC. The van der Waals surface area contributed by atoms with E-state index >= 15 is 0 Å². The highest BCUT2D eigenvalue weighted by Gasteiger charge is 2.44. The van der Waals surface area contributed by atoms with Gasteiger partial charge in [0.05, 0.1) is 8.07 Å². The minimum Gasteiger partial charge on any atom is -0.328 e. The molecule has 0 spiro atoms. The van der Waals surface area contributed by atoms with Gasteiger partial charge >= 0.3 is 0 Å². The topological polar surface area (TPSA) is 26.0 Å². The molecule has 0 aromatic rings. The highest BCUT2D eigenvalue weighted by Crippen LogP contribution is 2.36. The Labute approximate surface area is 104 Å². The van der Waals surface area contributed by atoms with Crippen LogP contribution in [0.5, 0.6) is 0 Å². The van der Waals surface area contributed by atoms with Crippen LogP contribution in [0.3, 0.4) is 0 Å². The van der Waals surface area contributed by atoms with Crippen molar-refractivity contribution in [2.75, 3.05) is 0 Å². The van der Waals surface area contributed by atoms with Crippen LogP contribution in [0, 0.1) is 5.92 Å². The van der Waals surface area contributed by atoms with Gasteiger partial charge in [0.15, 0.2) is 0 Å². The lowest BCUT2D eigenvalue weighted by Crippen LogP contribution is -2.63. The molecule has 1 atom stereocenters. The fourth-order valence-electron chi connectivity index (χ4n) is 3.17. The molecule has 0 radical (unpaired) electrons. The Bertz CT molecular complexity index is 179. The van der Waals surface area contributed by atoms with Crippen LogP contribution in [-0.4, -0.2) is 13.2 Å². The van der Waals surface area contributed by atoms with E-state index in [0.29, 0.717) is 0 Å². The van der Waals surface area contributed by atoms with Crippen LogP contribution in [0.25, 0.3) is 0 Å². The molecule has 2 N–H and O–H groups in total. The Kier molecular flexibility index (Phi) is 6.88. The smallest absolute Gasteiger partial charge is 0.0754 e. The second-order valence-corrected chi connectivity index (χ2v) is 11.5. The van der Waals surface area contributed by atoms with Crippen molar-refractivity contribution in [3.8, 4) is 0 Å². The molecule has 1 unspecified atom stereocenters. The predicted molar refractivity (Wildman–Crippen MR) is 78.5 cm³/mol. The fourth-order valence-corrected chi connectivity index (χ4v) is 8.21. The number of hydrogen-bond acceptors (Lipinski definition) is 1. The van der Waals surface area contributed by atoms with Gasteiger partial charge < -0.3 is 5.73 Å². The van der Waals surface area contributed by atoms with Crippen LogP contribution in [-0.2, 0) is 0 Å². The summed E-state index contributed by atoms with van der Waals surface area (Å²) in [6.07, 6.45) is 3.70. The van der Waals surface area contributed by atoms with E-state index in [9.17, 15) is 0 Å². The zero-order chi connectivity index (χ0) is 12.8. The zero-order valence-corrected chi connectivity index (χ0v) is 13.4. The van der Waals surface area contributed by atoms with Gasteiger partial charge in [-0.15, -0.1) is 0 Å². The molecular weight excluding hydrogens is 210 g/mol. The van der Waals surface area contributed by atoms with E-state index in [-0.39, 0.29) is 5.16 Å². The quantitative estimate of drug-likeness (QED) is 0.621. The van der Waals surface area contributed by atoms with Crippen molar-refractivity contribution in [1.29, 1.82) is 0 Å². The van der Waals surface area contributed by atoms with Crippen LogP contribution in [0.2, 0.25) is 18.1 Å². The minimum absolute atomic E-state index is 0.176. The van der Waals surface area contributed by atoms with Gasteiger partial charge in [-0.2, -0.15) is 0 Å². The molecule has 1 nitrogen and oxygen atoms in total. The second kappa shape index (κ2) is 6.80. The largest absolute Gasteiger partial charge is 0.328 e. The van der Waals surface area contributed by atoms with E-state index in [1.165, 1.54) is 37.4 Å². The standard InChI is InChI=1S/C14H33NSi/c1-7-14(15,12-11-13(5)6)16(8-2,9-3)10-4/h13H,7-12,15H2,1-6H3. The molecule has 0 aliphatic rings. The van der Waals surface area contributed by atoms with E-state index in [4.69, 9.17) is 5.73 Å². The maximum atomic E-state index is 6.82. The van der Waals surface area contributed by atoms with Gasteiger partial charge in [0.2, 0.25) is 0 Å². The summed E-state index contributed by atoms with van der Waals surface area (Å²) in [7, 11) is -1.26. The van der Waals surface area contributed by atoms with Crippen molar-refractivity contribution in [3.63, 3.8) is 0 Å². The van der Waals surface area contributed by atoms with Crippen LogP contribution in [0.4, 0.5) is 0 Å². The van der Waals surface area contributed by atoms with Crippen molar-refractivity contribution in [1.82, 2.24) is 0 Å². The molecule has 0 fully saturated rings. The van der Waals surface area contributed by atoms with Crippen molar-refractivity contribution in [2.24, 2.45) is 11.7 Å². The summed E-state index contributed by atoms with van der Waals surface area (Å²) in [6, 6.07) is 4.05. The molecule has 0 heterocycles. The zero-order valence-electron chi connectivity index (χ0n) is 12.4. The molecule has 2 heteroatoms. The summed E-state index contributed by atoms with van der Waals surface area (Å²) < 4.78 is 0.